The van der Waals surface area contributed by atoms with E-state index >= 15 is 0 Å². The first-order valence-corrected chi connectivity index (χ1v) is 13.2. The Morgan fingerprint density at radius 3 is 2.06 bits per heavy atom. The van der Waals surface area contributed by atoms with Gasteiger partial charge in [-0.2, -0.15) is 0 Å². The molecule has 34 heavy (non-hydrogen) atoms. The predicted molar refractivity (Wildman–Crippen MR) is 155 cm³/mol. The molecule has 0 amide bonds. The summed E-state index contributed by atoms with van der Waals surface area (Å²) in [5.74, 6) is 1.34. The number of hydrogen-bond donors (Lipinski definition) is 0. The van der Waals surface area contributed by atoms with Crippen LogP contribution in [-0.4, -0.2) is 41.8 Å². The van der Waals surface area contributed by atoms with Crippen LogP contribution in [0.4, 0.5) is 0 Å². The van der Waals surface area contributed by atoms with E-state index in [0.717, 1.165) is 65.9 Å². The predicted octanol–water partition coefficient (Wildman–Crippen LogP) is 8.62. The number of amidine groups is 1. The molecule has 0 radical (unpaired) electrons. The second kappa shape index (κ2) is 18.2. The Bertz CT molecular complexity index is 826. The molecule has 0 aromatic heterocycles. The fraction of sp³-hybridized carbons (Fsp3) is 0.552. The molecule has 0 spiro atoms. The van der Waals surface area contributed by atoms with Gasteiger partial charge in [-0.3, -0.25) is 9.98 Å². The van der Waals surface area contributed by atoms with E-state index < -0.39 is 0 Å². The summed E-state index contributed by atoms with van der Waals surface area (Å²) < 4.78 is 0. The molecule has 0 saturated carbocycles. The second-order valence-corrected chi connectivity index (χ2v) is 8.48. The van der Waals surface area contributed by atoms with E-state index in [-0.39, 0.29) is 0 Å². The van der Waals surface area contributed by atoms with E-state index in [1.54, 1.807) is 0 Å². The van der Waals surface area contributed by atoms with E-state index in [1.807, 2.05) is 65.8 Å². The molecule has 5 heteroatoms. The van der Waals surface area contributed by atoms with Gasteiger partial charge in [0.15, 0.2) is 5.84 Å². The van der Waals surface area contributed by atoms with Crippen LogP contribution in [0.5, 0.6) is 0 Å². The molecule has 190 valence electrons. The van der Waals surface area contributed by atoms with Gasteiger partial charge in [-0.05, 0) is 51.0 Å². The first-order valence-electron chi connectivity index (χ1n) is 12.8. The Morgan fingerprint density at radius 2 is 1.56 bits per heavy atom. The maximum Gasteiger partial charge on any atom is 0.154 e. The lowest BCUT2D eigenvalue weighted by Crippen LogP contribution is -2.36. The van der Waals surface area contributed by atoms with Crippen molar-refractivity contribution in [1.82, 2.24) is 4.90 Å². The summed E-state index contributed by atoms with van der Waals surface area (Å²) in [6.45, 7) is 27.0. The summed E-state index contributed by atoms with van der Waals surface area (Å²) in [5, 5.41) is 0.734. The van der Waals surface area contributed by atoms with E-state index in [1.165, 1.54) is 12.1 Å². The first-order chi connectivity index (χ1) is 16.3. The Labute approximate surface area is 214 Å². The molecule has 2 aliphatic rings. The lowest BCUT2D eigenvalue weighted by atomic mass is 9.91. The highest BCUT2D eigenvalue weighted by Gasteiger charge is 2.26. The van der Waals surface area contributed by atoms with Crippen LogP contribution >= 0.6 is 11.6 Å². The quantitative estimate of drug-likeness (QED) is 0.371. The zero-order valence-corrected chi connectivity index (χ0v) is 23.7. The highest BCUT2D eigenvalue weighted by molar-refractivity contribution is 6.30. The molecule has 2 aliphatic heterocycles. The average Bonchev–Trinajstić information content (AvgIpc) is 3.32. The number of piperidine rings is 1. The van der Waals surface area contributed by atoms with Crippen LogP contribution in [0.2, 0.25) is 5.02 Å². The number of benzene rings is 1. The molecular weight excluding hydrogens is 440 g/mol. The summed E-state index contributed by atoms with van der Waals surface area (Å²) in [5.41, 5.74) is 5.30. The van der Waals surface area contributed by atoms with Crippen molar-refractivity contribution in [3.63, 3.8) is 0 Å². The molecule has 1 saturated heterocycles. The first kappa shape index (κ1) is 31.8. The van der Waals surface area contributed by atoms with Crippen molar-refractivity contribution < 1.29 is 0 Å². The number of halogens is 1. The fourth-order valence-electron chi connectivity index (χ4n) is 3.64. The number of allylic oxidation sites excluding steroid dienone is 2. The summed E-state index contributed by atoms with van der Waals surface area (Å²) in [4.78, 5) is 16.2. The Kier molecular flexibility index (Phi) is 17.0. The monoisotopic (exact) mass is 486 g/mol. The topological polar surface area (TPSA) is 40.3 Å². The Hall–Kier alpha value is -2.20. The van der Waals surface area contributed by atoms with E-state index in [2.05, 4.69) is 41.9 Å². The molecule has 2 heterocycles. The molecule has 0 unspecified atom stereocenters. The summed E-state index contributed by atoms with van der Waals surface area (Å²) in [6.07, 6.45) is 4.25. The highest BCUT2D eigenvalue weighted by atomic mass is 35.5. The number of rotatable bonds is 6. The summed E-state index contributed by atoms with van der Waals surface area (Å²) in [7, 11) is 0. The molecule has 4 nitrogen and oxygen atoms in total. The molecule has 3 rings (SSSR count). The van der Waals surface area contributed by atoms with Gasteiger partial charge in [0.1, 0.15) is 0 Å². The third-order valence-corrected chi connectivity index (χ3v) is 5.25. The van der Waals surface area contributed by atoms with Crippen LogP contribution in [-0.2, 0) is 0 Å². The summed E-state index contributed by atoms with van der Waals surface area (Å²) >= 11 is 5.96. The van der Waals surface area contributed by atoms with Crippen LogP contribution in [0.25, 0.3) is 0 Å². The third kappa shape index (κ3) is 11.3. The van der Waals surface area contributed by atoms with Gasteiger partial charge in [0.25, 0.3) is 0 Å². The van der Waals surface area contributed by atoms with Crippen molar-refractivity contribution in [3.8, 4) is 0 Å². The minimum absolute atomic E-state index is 0.507. The van der Waals surface area contributed by atoms with Gasteiger partial charge in [0, 0.05) is 58.8 Å². The van der Waals surface area contributed by atoms with E-state index in [4.69, 9.17) is 16.6 Å². The standard InChI is InChI=1S/C22H27ClN4.C3H8.2C2H6/c1-15(2)25-16(3)13-17(4)27-11-9-18(10-12-27)21-14-24-22(26-21)19-5-7-20(23)8-6-19;1-3-2;2*1-2/h5-8,18H,1,4,9-14H2,2-3H3;3H2,1-2H3;2*1-2H3. The molecular formula is C29H47ClN4. The normalized spacial score (nSPS) is 15.4. The molecule has 0 bridgehead atoms. The minimum atomic E-state index is 0.507. The number of aliphatic imine (C=N–C) groups is 3. The van der Waals surface area contributed by atoms with Gasteiger partial charge in [0.05, 0.1) is 6.54 Å². The van der Waals surface area contributed by atoms with E-state index in [0.29, 0.717) is 12.5 Å². The average molecular weight is 487 g/mol. The van der Waals surface area contributed by atoms with Crippen LogP contribution in [0, 0.1) is 5.92 Å². The fourth-order valence-corrected chi connectivity index (χ4v) is 3.77. The second-order valence-electron chi connectivity index (χ2n) is 8.04. The van der Waals surface area contributed by atoms with Crippen molar-refractivity contribution in [2.45, 2.75) is 81.1 Å². The zero-order chi connectivity index (χ0) is 26.1. The molecule has 1 fully saturated rings. The number of nitrogens with zero attached hydrogens (tertiary/aromatic N) is 4. The number of likely N-dealkylation sites (tertiary alicyclic amines) is 1. The van der Waals surface area contributed by atoms with Crippen LogP contribution in [0.3, 0.4) is 0 Å². The van der Waals surface area contributed by atoms with Crippen LogP contribution in [0.15, 0.2) is 63.8 Å². The molecule has 0 atom stereocenters. The van der Waals surface area contributed by atoms with Gasteiger partial charge in [-0.1, -0.05) is 72.7 Å². The third-order valence-electron chi connectivity index (χ3n) is 5.00. The van der Waals surface area contributed by atoms with E-state index in [9.17, 15) is 0 Å². The lowest BCUT2D eigenvalue weighted by Gasteiger charge is -2.34. The molecule has 1 aromatic carbocycles. The number of hydrogen-bond acceptors (Lipinski definition) is 4. The van der Waals surface area contributed by atoms with Gasteiger partial charge in [0.2, 0.25) is 0 Å². The summed E-state index contributed by atoms with van der Waals surface area (Å²) in [6, 6.07) is 7.73. The van der Waals surface area contributed by atoms with Crippen LogP contribution < -0.4 is 0 Å². The molecule has 0 N–H and O–H groups in total. The maximum atomic E-state index is 5.96. The Balaban J connectivity index is 0.00000141. The molecule has 1 aromatic rings. The van der Waals surface area contributed by atoms with Gasteiger partial charge >= 0.3 is 0 Å². The van der Waals surface area contributed by atoms with Crippen molar-refractivity contribution in [1.29, 1.82) is 0 Å². The zero-order valence-electron chi connectivity index (χ0n) is 22.9. The van der Waals surface area contributed by atoms with Gasteiger partial charge < -0.3 is 4.90 Å². The SMILES string of the molecule is C=C(C)N=C(C)CC(=C)N1CCC(C2=NC(c3ccc(Cl)cc3)=NC2)CC1.CC.CC.CCC. The smallest absolute Gasteiger partial charge is 0.154 e. The highest BCUT2D eigenvalue weighted by Crippen LogP contribution is 2.25. The molecule has 0 aliphatic carbocycles. The van der Waals surface area contributed by atoms with Crippen molar-refractivity contribution in [2.24, 2.45) is 20.9 Å². The van der Waals surface area contributed by atoms with Crippen molar-refractivity contribution >= 4 is 28.9 Å². The minimum Gasteiger partial charge on any atom is -0.375 e. The lowest BCUT2D eigenvalue weighted by molar-refractivity contribution is 0.258. The van der Waals surface area contributed by atoms with Crippen LogP contribution in [0.1, 0.15) is 86.6 Å². The largest absolute Gasteiger partial charge is 0.375 e. The van der Waals surface area contributed by atoms with Crippen molar-refractivity contribution in [2.75, 3.05) is 19.6 Å². The maximum absolute atomic E-state index is 5.96. The Morgan fingerprint density at radius 1 is 1.03 bits per heavy atom. The van der Waals surface area contributed by atoms with Gasteiger partial charge in [-0.15, -0.1) is 0 Å². The van der Waals surface area contributed by atoms with Crippen molar-refractivity contribution in [3.05, 3.63) is 59.4 Å². The van der Waals surface area contributed by atoms with Gasteiger partial charge in [-0.25, -0.2) is 4.99 Å².